The zero-order valence-electron chi connectivity index (χ0n) is 12.9. The number of hydrogen-bond acceptors (Lipinski definition) is 3. The molecule has 6 heteroatoms. The standard InChI is InChI=1S/C16H23Cl2N3O/c1-19-8-5-12-6-9-21(10-7-12)11-15(22)20-16-13(17)3-2-4-14(16)18/h2-4,12,19H,5-11H2,1H3,(H,20,22). The van der Waals surface area contributed by atoms with Crippen LogP contribution in [0.1, 0.15) is 19.3 Å². The third-order valence-electron chi connectivity index (χ3n) is 4.10. The molecule has 0 saturated carbocycles. The zero-order valence-corrected chi connectivity index (χ0v) is 14.4. The summed E-state index contributed by atoms with van der Waals surface area (Å²) in [5.41, 5.74) is 0.500. The predicted molar refractivity (Wildman–Crippen MR) is 92.8 cm³/mol. The van der Waals surface area contributed by atoms with Crippen molar-refractivity contribution in [3.05, 3.63) is 28.2 Å². The molecule has 0 unspecified atom stereocenters. The predicted octanol–water partition coefficient (Wildman–Crippen LogP) is 3.25. The number of hydrogen-bond donors (Lipinski definition) is 2. The van der Waals surface area contributed by atoms with E-state index < -0.39 is 0 Å². The number of para-hydroxylation sites is 1. The number of carbonyl (C=O) groups is 1. The maximum absolute atomic E-state index is 12.2. The van der Waals surface area contributed by atoms with E-state index in [4.69, 9.17) is 23.2 Å². The van der Waals surface area contributed by atoms with E-state index in [1.165, 1.54) is 6.42 Å². The van der Waals surface area contributed by atoms with Gasteiger partial charge in [0.25, 0.3) is 0 Å². The van der Waals surface area contributed by atoms with Crippen LogP contribution in [0.15, 0.2) is 18.2 Å². The van der Waals surface area contributed by atoms with Crippen LogP contribution in [0.25, 0.3) is 0 Å². The normalized spacial score (nSPS) is 16.7. The van der Waals surface area contributed by atoms with Crippen molar-refractivity contribution in [2.75, 3.05) is 38.5 Å². The highest BCUT2D eigenvalue weighted by molar-refractivity contribution is 6.39. The number of halogens is 2. The first kappa shape index (κ1) is 17.5. The average Bonchev–Trinajstić information content (AvgIpc) is 2.50. The fraction of sp³-hybridized carbons (Fsp3) is 0.562. The molecule has 0 aliphatic carbocycles. The van der Waals surface area contributed by atoms with Crippen molar-refractivity contribution in [3.63, 3.8) is 0 Å². The average molecular weight is 344 g/mol. The molecule has 0 radical (unpaired) electrons. The quantitative estimate of drug-likeness (QED) is 0.833. The summed E-state index contributed by atoms with van der Waals surface area (Å²) in [4.78, 5) is 14.3. The summed E-state index contributed by atoms with van der Waals surface area (Å²) in [5, 5.41) is 6.94. The van der Waals surface area contributed by atoms with Gasteiger partial charge in [-0.2, -0.15) is 0 Å². The molecule has 0 atom stereocenters. The number of benzene rings is 1. The number of anilines is 1. The molecule has 1 aliphatic heterocycles. The third-order valence-corrected chi connectivity index (χ3v) is 4.73. The summed E-state index contributed by atoms with van der Waals surface area (Å²) in [7, 11) is 1.99. The Morgan fingerprint density at radius 1 is 1.27 bits per heavy atom. The molecule has 1 heterocycles. The van der Waals surface area contributed by atoms with Gasteiger partial charge in [0, 0.05) is 0 Å². The second-order valence-corrected chi connectivity index (χ2v) is 6.57. The smallest absolute Gasteiger partial charge is 0.238 e. The Balaban J connectivity index is 1.79. The van der Waals surface area contributed by atoms with Crippen molar-refractivity contribution >= 4 is 34.8 Å². The first-order valence-corrected chi connectivity index (χ1v) is 8.46. The van der Waals surface area contributed by atoms with Gasteiger partial charge in [-0.25, -0.2) is 0 Å². The van der Waals surface area contributed by atoms with Gasteiger partial charge in [0.1, 0.15) is 0 Å². The van der Waals surface area contributed by atoms with E-state index >= 15 is 0 Å². The summed E-state index contributed by atoms with van der Waals surface area (Å²) in [6.45, 7) is 3.40. The van der Waals surface area contributed by atoms with E-state index in [0.29, 0.717) is 22.3 Å². The lowest BCUT2D eigenvalue weighted by atomic mass is 9.93. The van der Waals surface area contributed by atoms with Gasteiger partial charge in [-0.1, -0.05) is 29.3 Å². The van der Waals surface area contributed by atoms with Gasteiger partial charge < -0.3 is 10.6 Å². The van der Waals surface area contributed by atoms with Crippen LogP contribution >= 0.6 is 23.2 Å². The molecule has 1 aromatic carbocycles. The van der Waals surface area contributed by atoms with Crippen molar-refractivity contribution in [2.45, 2.75) is 19.3 Å². The van der Waals surface area contributed by atoms with Gasteiger partial charge in [-0.15, -0.1) is 0 Å². The van der Waals surface area contributed by atoms with Crippen LogP contribution in [0, 0.1) is 5.92 Å². The Labute approximate surface area is 142 Å². The van der Waals surface area contributed by atoms with Crippen LogP contribution in [0.3, 0.4) is 0 Å². The summed E-state index contributed by atoms with van der Waals surface area (Å²) in [5.74, 6) is 0.702. The highest BCUT2D eigenvalue weighted by Crippen LogP contribution is 2.29. The Morgan fingerprint density at radius 3 is 2.50 bits per heavy atom. The Bertz CT molecular complexity index is 482. The fourth-order valence-corrected chi connectivity index (χ4v) is 3.27. The van der Waals surface area contributed by atoms with E-state index in [9.17, 15) is 4.79 Å². The van der Waals surface area contributed by atoms with Gasteiger partial charge >= 0.3 is 0 Å². The molecule has 1 fully saturated rings. The Kier molecular flexibility index (Phi) is 6.96. The molecular weight excluding hydrogens is 321 g/mol. The molecule has 1 aromatic rings. The van der Waals surface area contributed by atoms with Crippen molar-refractivity contribution in [3.8, 4) is 0 Å². The lowest BCUT2D eigenvalue weighted by molar-refractivity contribution is -0.117. The van der Waals surface area contributed by atoms with Crippen molar-refractivity contribution in [1.29, 1.82) is 0 Å². The van der Waals surface area contributed by atoms with Gasteiger partial charge in [0.15, 0.2) is 0 Å². The third kappa shape index (κ3) is 5.13. The van der Waals surface area contributed by atoms with Gasteiger partial charge in [-0.05, 0) is 64.0 Å². The van der Waals surface area contributed by atoms with Crippen LogP contribution in [0.2, 0.25) is 10.0 Å². The Morgan fingerprint density at radius 2 is 1.91 bits per heavy atom. The maximum Gasteiger partial charge on any atom is 0.238 e. The molecule has 0 bridgehead atoms. The van der Waals surface area contributed by atoms with Crippen molar-refractivity contribution in [2.24, 2.45) is 5.92 Å². The highest BCUT2D eigenvalue weighted by Gasteiger charge is 2.21. The summed E-state index contributed by atoms with van der Waals surface area (Å²) >= 11 is 12.1. The number of nitrogens with zero attached hydrogens (tertiary/aromatic N) is 1. The van der Waals surface area contributed by atoms with E-state index in [1.54, 1.807) is 18.2 Å². The largest absolute Gasteiger partial charge is 0.322 e. The van der Waals surface area contributed by atoms with Crippen molar-refractivity contribution < 1.29 is 4.79 Å². The number of nitrogens with one attached hydrogen (secondary N) is 2. The van der Waals surface area contributed by atoms with Crippen LogP contribution in [0.4, 0.5) is 5.69 Å². The summed E-state index contributed by atoms with van der Waals surface area (Å²) < 4.78 is 0. The first-order chi connectivity index (χ1) is 10.6. The van der Waals surface area contributed by atoms with Crippen LogP contribution in [-0.4, -0.2) is 44.0 Å². The molecule has 0 spiro atoms. The number of carbonyl (C=O) groups excluding carboxylic acids is 1. The summed E-state index contributed by atoms with van der Waals surface area (Å²) in [6, 6.07) is 5.20. The minimum absolute atomic E-state index is 0.0660. The lowest BCUT2D eigenvalue weighted by Gasteiger charge is -2.31. The fourth-order valence-electron chi connectivity index (χ4n) is 2.78. The van der Waals surface area contributed by atoms with Crippen LogP contribution in [-0.2, 0) is 4.79 Å². The minimum Gasteiger partial charge on any atom is -0.322 e. The maximum atomic E-state index is 12.2. The Hall–Kier alpha value is -0.810. The molecule has 1 amide bonds. The monoisotopic (exact) mass is 343 g/mol. The molecule has 122 valence electrons. The number of piperidine rings is 1. The topological polar surface area (TPSA) is 44.4 Å². The number of rotatable bonds is 6. The minimum atomic E-state index is -0.0660. The van der Waals surface area contributed by atoms with E-state index in [0.717, 1.165) is 38.4 Å². The number of amides is 1. The zero-order chi connectivity index (χ0) is 15.9. The molecular formula is C16H23Cl2N3O. The molecule has 22 heavy (non-hydrogen) atoms. The first-order valence-electron chi connectivity index (χ1n) is 7.71. The van der Waals surface area contributed by atoms with Gasteiger partial charge in [-0.3, -0.25) is 9.69 Å². The van der Waals surface area contributed by atoms with Gasteiger partial charge in [0.2, 0.25) is 5.91 Å². The van der Waals surface area contributed by atoms with Crippen molar-refractivity contribution in [1.82, 2.24) is 10.2 Å². The highest BCUT2D eigenvalue weighted by atomic mass is 35.5. The second kappa shape index (κ2) is 8.73. The van der Waals surface area contributed by atoms with Crippen LogP contribution < -0.4 is 10.6 Å². The van der Waals surface area contributed by atoms with E-state index in [1.807, 2.05) is 7.05 Å². The molecule has 2 rings (SSSR count). The molecule has 1 saturated heterocycles. The SMILES string of the molecule is CNCCC1CCN(CC(=O)Nc2c(Cl)cccc2Cl)CC1. The second-order valence-electron chi connectivity index (χ2n) is 5.76. The molecule has 0 aromatic heterocycles. The molecule has 1 aliphatic rings. The molecule has 2 N–H and O–H groups in total. The van der Waals surface area contributed by atoms with Crippen LogP contribution in [0.5, 0.6) is 0 Å². The molecule has 4 nitrogen and oxygen atoms in total. The van der Waals surface area contributed by atoms with Gasteiger partial charge in [0.05, 0.1) is 22.3 Å². The van der Waals surface area contributed by atoms with E-state index in [2.05, 4.69) is 15.5 Å². The van der Waals surface area contributed by atoms with E-state index in [-0.39, 0.29) is 5.91 Å². The lowest BCUT2D eigenvalue weighted by Crippen LogP contribution is -2.39. The summed E-state index contributed by atoms with van der Waals surface area (Å²) in [6.07, 6.45) is 3.52. The number of likely N-dealkylation sites (tertiary alicyclic amines) is 1.